The van der Waals surface area contributed by atoms with Gasteiger partial charge in [-0.25, -0.2) is 0 Å². The number of ketones is 1. The lowest BCUT2D eigenvalue weighted by Crippen LogP contribution is -2.31. The highest BCUT2D eigenvalue weighted by Crippen LogP contribution is 2.44. The highest BCUT2D eigenvalue weighted by Gasteiger charge is 2.47. The van der Waals surface area contributed by atoms with Gasteiger partial charge in [-0.05, 0) is 54.4 Å². The lowest BCUT2D eigenvalue weighted by molar-refractivity contribution is -0.384. The van der Waals surface area contributed by atoms with Crippen molar-refractivity contribution >= 4 is 34.0 Å². The molecule has 0 radical (unpaired) electrons. The number of nitrogens with one attached hydrogen (secondary N) is 1. The molecule has 4 aromatic rings. The number of rotatable bonds is 9. The highest BCUT2D eigenvalue weighted by molar-refractivity contribution is 6.46. The van der Waals surface area contributed by atoms with Gasteiger partial charge in [0.2, 0.25) is 0 Å². The average Bonchev–Trinajstić information content (AvgIpc) is 3.52. The average molecular weight is 558 g/mol. The van der Waals surface area contributed by atoms with Gasteiger partial charge in [-0.1, -0.05) is 0 Å². The van der Waals surface area contributed by atoms with Crippen molar-refractivity contribution in [3.05, 3.63) is 99.2 Å². The number of aliphatic hydroxyl groups excluding tert-OH is 1. The van der Waals surface area contributed by atoms with Gasteiger partial charge in [0.15, 0.2) is 0 Å². The fourth-order valence-corrected chi connectivity index (χ4v) is 5.11. The number of nitro benzene ring substituents is 1. The molecule has 1 fully saturated rings. The topological polar surface area (TPSA) is 144 Å². The third-order valence-electron chi connectivity index (χ3n) is 7.22. The van der Waals surface area contributed by atoms with Crippen LogP contribution in [0.15, 0.2) is 72.4 Å². The minimum absolute atomic E-state index is 0.144. The Hall–Kier alpha value is -5.32. The highest BCUT2D eigenvalue weighted by atomic mass is 16.6. The molecule has 0 unspecified atom stereocenters. The number of hydrogen-bond acceptors (Lipinski definition) is 8. The number of fused-ring (bicyclic) bond motifs is 1. The van der Waals surface area contributed by atoms with Crippen molar-refractivity contribution < 1.29 is 33.8 Å². The Kier molecular flexibility index (Phi) is 7.34. The predicted molar refractivity (Wildman–Crippen MR) is 150 cm³/mol. The van der Waals surface area contributed by atoms with Crippen molar-refractivity contribution in [2.75, 3.05) is 27.9 Å². The molecule has 1 amide bonds. The van der Waals surface area contributed by atoms with E-state index in [0.717, 1.165) is 16.5 Å². The summed E-state index contributed by atoms with van der Waals surface area (Å²) < 4.78 is 16.3. The standard InChI is InChI=1S/C30H27N3O8/c1-39-20-9-11-24-23(14-20)18(16-31-24)12-13-32-27(22-10-8-21(40-2)15-25(22)41-3)26(29(35)30(32)36)28(34)17-4-6-19(7-5-17)33(37)38/h4-11,14-16,27,31,34H,12-13H2,1-3H3/t27-/m1/s1. The number of H-pyrrole nitrogens is 1. The van der Waals surface area contributed by atoms with E-state index in [4.69, 9.17) is 14.2 Å². The number of nitrogens with zero attached hydrogens (tertiary/aromatic N) is 2. The van der Waals surface area contributed by atoms with Gasteiger partial charge >= 0.3 is 0 Å². The fraction of sp³-hybridized carbons (Fsp3) is 0.200. The molecule has 41 heavy (non-hydrogen) atoms. The van der Waals surface area contributed by atoms with Crippen molar-refractivity contribution in [2.24, 2.45) is 0 Å². The smallest absolute Gasteiger partial charge is 0.295 e. The lowest BCUT2D eigenvalue weighted by atomic mass is 9.94. The molecule has 3 aromatic carbocycles. The minimum atomic E-state index is -0.995. The molecule has 2 N–H and O–H groups in total. The van der Waals surface area contributed by atoms with E-state index in [0.29, 0.717) is 29.2 Å². The minimum Gasteiger partial charge on any atom is -0.507 e. The molecule has 1 aliphatic heterocycles. The Morgan fingerprint density at radius 3 is 2.32 bits per heavy atom. The van der Waals surface area contributed by atoms with Crippen LogP contribution in [0.1, 0.15) is 22.7 Å². The zero-order chi connectivity index (χ0) is 29.3. The second kappa shape index (κ2) is 11.0. The normalized spacial score (nSPS) is 16.3. The number of methoxy groups -OCH3 is 3. The molecule has 0 saturated carbocycles. The van der Waals surface area contributed by atoms with Gasteiger partial charge in [0.1, 0.15) is 23.0 Å². The number of carbonyl (C=O) groups is 2. The first kappa shape index (κ1) is 27.3. The first-order valence-corrected chi connectivity index (χ1v) is 12.7. The van der Waals surface area contributed by atoms with Crippen LogP contribution in [0.3, 0.4) is 0 Å². The summed E-state index contributed by atoms with van der Waals surface area (Å²) in [5, 5.41) is 23.4. The van der Waals surface area contributed by atoms with Crippen LogP contribution in [0.25, 0.3) is 16.7 Å². The molecular formula is C30H27N3O8. The second-order valence-electron chi connectivity index (χ2n) is 9.38. The van der Waals surface area contributed by atoms with E-state index in [1.807, 2.05) is 24.4 Å². The van der Waals surface area contributed by atoms with E-state index in [2.05, 4.69) is 4.98 Å². The first-order valence-electron chi connectivity index (χ1n) is 12.7. The molecule has 11 nitrogen and oxygen atoms in total. The van der Waals surface area contributed by atoms with Crippen LogP contribution < -0.4 is 14.2 Å². The maximum atomic E-state index is 13.5. The number of likely N-dealkylation sites (tertiary alicyclic amines) is 1. The number of nitro groups is 1. The largest absolute Gasteiger partial charge is 0.507 e. The monoisotopic (exact) mass is 557 g/mol. The van der Waals surface area contributed by atoms with Crippen LogP contribution in [-0.2, 0) is 16.0 Å². The number of carbonyl (C=O) groups excluding carboxylic acids is 2. The number of aromatic nitrogens is 1. The molecule has 1 aromatic heterocycles. The van der Waals surface area contributed by atoms with Crippen molar-refractivity contribution in [1.82, 2.24) is 9.88 Å². The summed E-state index contributed by atoms with van der Waals surface area (Å²) in [4.78, 5) is 42.1. The summed E-state index contributed by atoms with van der Waals surface area (Å²) in [6, 6.07) is 14.7. The van der Waals surface area contributed by atoms with E-state index in [1.165, 1.54) is 43.4 Å². The van der Waals surface area contributed by atoms with Crippen LogP contribution in [0, 0.1) is 10.1 Å². The number of non-ortho nitro benzene ring substituents is 1. The number of benzene rings is 3. The van der Waals surface area contributed by atoms with Crippen molar-refractivity contribution in [2.45, 2.75) is 12.5 Å². The van der Waals surface area contributed by atoms with Gasteiger partial charge < -0.3 is 29.2 Å². The predicted octanol–water partition coefficient (Wildman–Crippen LogP) is 4.77. The second-order valence-corrected chi connectivity index (χ2v) is 9.38. The van der Waals surface area contributed by atoms with Crippen molar-refractivity contribution in [3.63, 3.8) is 0 Å². The SMILES string of the molecule is COc1ccc([C@@H]2C(=C(O)c3ccc([N+](=O)[O-])cc3)C(=O)C(=O)N2CCc2c[nH]c3ccc(OC)cc23)c(OC)c1. The number of ether oxygens (including phenoxy) is 3. The number of amides is 1. The zero-order valence-corrected chi connectivity index (χ0v) is 22.5. The number of hydrogen-bond donors (Lipinski definition) is 2. The van der Waals surface area contributed by atoms with Crippen molar-refractivity contribution in [1.29, 1.82) is 0 Å². The summed E-state index contributed by atoms with van der Waals surface area (Å²) in [5.41, 5.74) is 2.12. The summed E-state index contributed by atoms with van der Waals surface area (Å²) >= 11 is 0. The van der Waals surface area contributed by atoms with Crippen LogP contribution >= 0.6 is 0 Å². The number of aliphatic hydroxyl groups is 1. The summed E-state index contributed by atoms with van der Waals surface area (Å²) in [6.07, 6.45) is 2.24. The quantitative estimate of drug-likeness (QED) is 0.0985. The summed E-state index contributed by atoms with van der Waals surface area (Å²) in [7, 11) is 4.55. The van der Waals surface area contributed by atoms with Gasteiger partial charge in [0.05, 0.1) is 37.9 Å². The Balaban J connectivity index is 1.60. The Morgan fingerprint density at radius 2 is 1.66 bits per heavy atom. The zero-order valence-electron chi connectivity index (χ0n) is 22.5. The van der Waals surface area contributed by atoms with Crippen LogP contribution in [-0.4, -0.2) is 59.5 Å². The molecule has 1 aliphatic rings. The molecule has 1 saturated heterocycles. The van der Waals surface area contributed by atoms with Gasteiger partial charge in [-0.2, -0.15) is 0 Å². The molecule has 0 spiro atoms. The molecular weight excluding hydrogens is 530 g/mol. The molecule has 11 heteroatoms. The van der Waals surface area contributed by atoms with Crippen LogP contribution in [0.4, 0.5) is 5.69 Å². The van der Waals surface area contributed by atoms with Gasteiger partial charge in [0, 0.05) is 53.0 Å². The Labute approximate surface area is 234 Å². The maximum Gasteiger partial charge on any atom is 0.295 e. The lowest BCUT2D eigenvalue weighted by Gasteiger charge is -2.27. The van der Waals surface area contributed by atoms with Gasteiger partial charge in [0.25, 0.3) is 17.4 Å². The van der Waals surface area contributed by atoms with E-state index in [-0.39, 0.29) is 23.4 Å². The molecule has 0 bridgehead atoms. The summed E-state index contributed by atoms with van der Waals surface area (Å²) in [6.45, 7) is 0.144. The number of aromatic amines is 1. The van der Waals surface area contributed by atoms with Crippen LogP contribution in [0.2, 0.25) is 0 Å². The maximum absolute atomic E-state index is 13.5. The van der Waals surface area contributed by atoms with Gasteiger partial charge in [-0.3, -0.25) is 19.7 Å². The fourth-order valence-electron chi connectivity index (χ4n) is 5.11. The van der Waals surface area contributed by atoms with E-state index in [1.54, 1.807) is 25.3 Å². The van der Waals surface area contributed by atoms with E-state index < -0.39 is 28.4 Å². The Bertz CT molecular complexity index is 1690. The third kappa shape index (κ3) is 4.93. The third-order valence-corrected chi connectivity index (χ3v) is 7.22. The molecule has 5 rings (SSSR count). The molecule has 0 aliphatic carbocycles. The Morgan fingerprint density at radius 1 is 0.976 bits per heavy atom. The molecule has 1 atom stereocenters. The molecule has 210 valence electrons. The van der Waals surface area contributed by atoms with E-state index >= 15 is 0 Å². The van der Waals surface area contributed by atoms with Crippen LogP contribution in [0.5, 0.6) is 17.2 Å². The summed E-state index contributed by atoms with van der Waals surface area (Å²) in [5.74, 6) is -0.554. The first-order chi connectivity index (χ1) is 19.8. The van der Waals surface area contributed by atoms with Gasteiger partial charge in [-0.15, -0.1) is 0 Å². The van der Waals surface area contributed by atoms with E-state index in [9.17, 15) is 24.8 Å². The number of Topliss-reactive ketones (excluding diaryl/α,β-unsaturated/α-hetero) is 1. The van der Waals surface area contributed by atoms with Crippen molar-refractivity contribution in [3.8, 4) is 17.2 Å². The molecule has 2 heterocycles.